The predicted octanol–water partition coefficient (Wildman–Crippen LogP) is 3.48. The third kappa shape index (κ3) is 5.92. The van der Waals surface area contributed by atoms with Gasteiger partial charge < -0.3 is 10.2 Å². The van der Waals surface area contributed by atoms with Gasteiger partial charge in [0.15, 0.2) is 10.0 Å². The van der Waals surface area contributed by atoms with Crippen molar-refractivity contribution in [3.8, 4) is 22.8 Å². The number of alkyl halides is 2. The van der Waals surface area contributed by atoms with Crippen LogP contribution in [0.15, 0.2) is 17.0 Å². The molecular weight excluding hydrogens is 588 g/mol. The summed E-state index contributed by atoms with van der Waals surface area (Å²) in [5, 5.41) is 34.0. The van der Waals surface area contributed by atoms with Crippen LogP contribution in [0.3, 0.4) is 0 Å². The van der Waals surface area contributed by atoms with E-state index in [9.17, 15) is 32.5 Å². The van der Waals surface area contributed by atoms with E-state index in [1.165, 1.54) is 16.8 Å². The van der Waals surface area contributed by atoms with Gasteiger partial charge in [0.2, 0.25) is 15.9 Å². The number of carbonyl (C=O) groups is 1. The normalized spacial score (nSPS) is 18.6. The number of sulfonamides is 1. The molecular formula is C26H29F2N9O3S2. The molecule has 2 aliphatic rings. The fraction of sp³-hybridized carbons (Fsp3) is 0.538. The van der Waals surface area contributed by atoms with E-state index in [-0.39, 0.29) is 45.4 Å². The first-order valence-corrected chi connectivity index (χ1v) is 15.8. The van der Waals surface area contributed by atoms with Gasteiger partial charge >= 0.3 is 0 Å². The Morgan fingerprint density at radius 2 is 2.00 bits per heavy atom. The molecule has 1 atom stereocenters. The lowest BCUT2D eigenvalue weighted by molar-refractivity contribution is -0.124. The van der Waals surface area contributed by atoms with Crippen molar-refractivity contribution in [3.05, 3.63) is 17.1 Å². The van der Waals surface area contributed by atoms with Gasteiger partial charge in [0, 0.05) is 30.4 Å². The zero-order valence-electron chi connectivity index (χ0n) is 23.0. The summed E-state index contributed by atoms with van der Waals surface area (Å²) in [7, 11) is -4.21. The molecule has 0 spiro atoms. The molecule has 42 heavy (non-hydrogen) atoms. The number of aromatic nitrogens is 4. The summed E-state index contributed by atoms with van der Waals surface area (Å²) >= 11 is 0.632. The van der Waals surface area contributed by atoms with E-state index < -0.39 is 27.0 Å². The molecule has 1 unspecified atom stereocenters. The van der Waals surface area contributed by atoms with Crippen LogP contribution < -0.4 is 14.9 Å². The highest BCUT2D eigenvalue weighted by Crippen LogP contribution is 2.41. The van der Waals surface area contributed by atoms with Gasteiger partial charge in [-0.2, -0.15) is 20.3 Å². The van der Waals surface area contributed by atoms with Gasteiger partial charge in [0.1, 0.15) is 17.8 Å². The third-order valence-corrected chi connectivity index (χ3v) is 9.79. The summed E-state index contributed by atoms with van der Waals surface area (Å²) in [4.78, 5) is 14.3. The van der Waals surface area contributed by atoms with E-state index >= 15 is 0 Å². The smallest absolute Gasteiger partial charge is 0.291 e. The molecule has 1 saturated carbocycles. The number of halogens is 2. The lowest BCUT2D eigenvalue weighted by Gasteiger charge is -2.29. The largest absolute Gasteiger partial charge is 0.368 e. The summed E-state index contributed by atoms with van der Waals surface area (Å²) in [6.07, 6.45) is 0.232. The van der Waals surface area contributed by atoms with Gasteiger partial charge in [-0.05, 0) is 44.2 Å². The number of nitrogens with zero attached hydrogens (tertiary/aromatic N) is 7. The highest BCUT2D eigenvalue weighted by Gasteiger charge is 2.47. The molecule has 5 rings (SSSR count). The minimum absolute atomic E-state index is 0.0501. The minimum atomic E-state index is -4.21. The number of nitrogens with one attached hydrogen (secondary N) is 2. The first kappa shape index (κ1) is 29.8. The molecule has 2 N–H and O–H groups in total. The Labute approximate surface area is 245 Å². The molecule has 2 fully saturated rings. The van der Waals surface area contributed by atoms with Crippen molar-refractivity contribution in [1.29, 1.82) is 10.5 Å². The van der Waals surface area contributed by atoms with Gasteiger partial charge in [-0.3, -0.25) is 4.79 Å². The molecule has 0 radical (unpaired) electrons. The molecule has 3 heterocycles. The van der Waals surface area contributed by atoms with Crippen molar-refractivity contribution in [2.75, 3.05) is 18.0 Å². The van der Waals surface area contributed by atoms with Gasteiger partial charge in [-0.25, -0.2) is 21.9 Å². The average Bonchev–Trinajstić information content (AvgIpc) is 3.45. The molecule has 222 valence electrons. The van der Waals surface area contributed by atoms with E-state index in [0.29, 0.717) is 48.5 Å². The molecule has 1 aromatic carbocycles. The number of carbonyl (C=O) groups excluding carboxylic acids is 1. The highest BCUT2D eigenvalue weighted by molar-refractivity contribution is 7.89. The van der Waals surface area contributed by atoms with Crippen LogP contribution >= 0.6 is 11.3 Å². The van der Waals surface area contributed by atoms with Crippen molar-refractivity contribution >= 4 is 43.9 Å². The van der Waals surface area contributed by atoms with Crippen molar-refractivity contribution in [2.45, 2.75) is 75.4 Å². The second kappa shape index (κ2) is 11.5. The zero-order chi connectivity index (χ0) is 30.2. The van der Waals surface area contributed by atoms with Gasteiger partial charge in [0.25, 0.3) is 6.43 Å². The van der Waals surface area contributed by atoms with E-state index in [4.69, 9.17) is 0 Å². The lowest BCUT2D eigenvalue weighted by Crippen LogP contribution is -2.44. The van der Waals surface area contributed by atoms with Crippen molar-refractivity contribution in [3.63, 3.8) is 0 Å². The van der Waals surface area contributed by atoms with Gasteiger partial charge in [-0.1, -0.05) is 25.2 Å². The number of amides is 1. The van der Waals surface area contributed by atoms with E-state index in [1.807, 2.05) is 11.0 Å². The quantitative estimate of drug-likeness (QED) is 0.365. The number of nitriles is 2. The molecule has 1 amide bonds. The van der Waals surface area contributed by atoms with E-state index in [2.05, 4.69) is 31.4 Å². The number of rotatable bonds is 9. The zero-order valence-corrected chi connectivity index (χ0v) is 24.6. The van der Waals surface area contributed by atoms with Gasteiger partial charge in [-0.15, -0.1) is 10.2 Å². The lowest BCUT2D eigenvalue weighted by atomic mass is 10.1. The second-order valence-electron chi connectivity index (χ2n) is 10.9. The number of fused-ring (bicyclic) bond motifs is 1. The number of hydrogen-bond donors (Lipinski definition) is 2. The Kier molecular flexibility index (Phi) is 8.15. The minimum Gasteiger partial charge on any atom is -0.368 e. The summed E-state index contributed by atoms with van der Waals surface area (Å²) in [6.45, 7) is 4.31. The highest BCUT2D eigenvalue weighted by atomic mass is 32.2. The van der Waals surface area contributed by atoms with Crippen molar-refractivity contribution in [1.82, 2.24) is 30.0 Å². The summed E-state index contributed by atoms with van der Waals surface area (Å²) in [5.41, 5.74) is -0.185. The summed E-state index contributed by atoms with van der Waals surface area (Å²) in [6, 6.07) is 6.71. The Hall–Kier alpha value is -3.73. The fourth-order valence-electron chi connectivity index (χ4n) is 4.95. The maximum Gasteiger partial charge on any atom is 0.291 e. The Balaban J connectivity index is 1.70. The second-order valence-corrected chi connectivity index (χ2v) is 13.5. The van der Waals surface area contributed by atoms with Crippen LogP contribution in [0, 0.1) is 28.6 Å². The molecule has 12 nitrogen and oxygen atoms in total. The van der Waals surface area contributed by atoms with Crippen LogP contribution in [-0.4, -0.2) is 59.0 Å². The van der Waals surface area contributed by atoms with Crippen LogP contribution in [0.4, 0.5) is 14.5 Å². The molecule has 2 aromatic heterocycles. The maximum absolute atomic E-state index is 13.6. The average molecular weight is 618 g/mol. The molecule has 1 saturated heterocycles. The molecule has 16 heteroatoms. The van der Waals surface area contributed by atoms with Gasteiger partial charge in [0.05, 0.1) is 28.2 Å². The molecule has 3 aromatic rings. The van der Waals surface area contributed by atoms with E-state index in [1.54, 1.807) is 13.8 Å². The third-order valence-electron chi connectivity index (χ3n) is 7.33. The SMILES string of the molecule is CC(C)C(=O)NC1CCCCN(c2cc(S(=O)(=O)NC3(C#N)CC3)cc3c(-c4nnc(C(F)F)s4)nn(CC#N)c23)C1. The van der Waals surface area contributed by atoms with Crippen LogP contribution in [0.2, 0.25) is 0 Å². The first-order valence-electron chi connectivity index (χ1n) is 13.5. The fourth-order valence-corrected chi connectivity index (χ4v) is 7.07. The van der Waals surface area contributed by atoms with Crippen LogP contribution in [0.1, 0.15) is 57.4 Å². The van der Waals surface area contributed by atoms with Crippen molar-refractivity contribution in [2.24, 2.45) is 5.92 Å². The molecule has 1 aliphatic heterocycles. The first-order chi connectivity index (χ1) is 20.0. The summed E-state index contributed by atoms with van der Waals surface area (Å²) in [5.74, 6) is -0.311. The Morgan fingerprint density at radius 3 is 2.62 bits per heavy atom. The maximum atomic E-state index is 13.6. The standard InChI is InChI=1S/C26H29F2N9O3S2/c1-15(2)23(38)31-16-5-3-4-9-36(13-16)19-12-17(42(39,40)35-26(14-30)6-7-26)11-18-20(34-37(10-8-29)21(18)19)24-32-33-25(41-24)22(27)28/h11-12,15-16,22,35H,3-7,9-10,13H2,1-2H3,(H,31,38). The summed E-state index contributed by atoms with van der Waals surface area (Å²) < 4.78 is 57.9. The molecule has 1 aliphatic carbocycles. The van der Waals surface area contributed by atoms with E-state index in [0.717, 1.165) is 19.3 Å². The van der Waals surface area contributed by atoms with Crippen LogP contribution in [0.25, 0.3) is 21.6 Å². The topological polar surface area (TPSA) is 170 Å². The number of benzene rings is 1. The predicted molar refractivity (Wildman–Crippen MR) is 150 cm³/mol. The Bertz CT molecular complexity index is 1700. The monoisotopic (exact) mass is 617 g/mol. The molecule has 0 bridgehead atoms. The Morgan fingerprint density at radius 1 is 1.24 bits per heavy atom. The van der Waals surface area contributed by atoms with Crippen LogP contribution in [0.5, 0.6) is 0 Å². The van der Waals surface area contributed by atoms with Crippen molar-refractivity contribution < 1.29 is 22.0 Å². The number of anilines is 1. The van der Waals surface area contributed by atoms with Crippen LogP contribution in [-0.2, 0) is 21.4 Å². The number of hydrogen-bond acceptors (Lipinski definition) is 10.